The second-order valence-corrected chi connectivity index (χ2v) is 7.08. The standard InChI is InChI=1S/C20H18BrClN2O4/c1-3-27-17-11-18(28-4-2)15(21)9-12(17)10-16-19(25)24(20(26)23-16)14-7-5-13(22)6-8-14/h5-11H,3-4H2,1-2H3,(H,23,26)/b16-10+. The molecule has 0 radical (unpaired) electrons. The number of imide groups is 1. The van der Waals surface area contributed by atoms with Gasteiger partial charge in [-0.1, -0.05) is 11.6 Å². The molecular formula is C20H18BrClN2O4. The summed E-state index contributed by atoms with van der Waals surface area (Å²) in [6.07, 6.45) is 1.58. The number of nitrogens with zero attached hydrogens (tertiary/aromatic N) is 1. The molecule has 1 saturated heterocycles. The molecule has 146 valence electrons. The quantitative estimate of drug-likeness (QED) is 0.482. The SMILES string of the molecule is CCOc1cc(OCC)c(/C=C2/NC(=O)N(c3ccc(Cl)cc3)C2=O)cc1Br. The van der Waals surface area contributed by atoms with E-state index in [4.69, 9.17) is 21.1 Å². The van der Waals surface area contributed by atoms with Crippen molar-refractivity contribution in [3.8, 4) is 11.5 Å². The van der Waals surface area contributed by atoms with Gasteiger partial charge in [-0.05, 0) is 66.2 Å². The first kappa shape index (κ1) is 20.2. The van der Waals surface area contributed by atoms with E-state index in [1.54, 1.807) is 42.5 Å². The lowest BCUT2D eigenvalue weighted by Crippen LogP contribution is -2.30. The van der Waals surface area contributed by atoms with Crippen LogP contribution in [-0.4, -0.2) is 25.2 Å². The number of urea groups is 1. The Labute approximate surface area is 176 Å². The van der Waals surface area contributed by atoms with Gasteiger partial charge in [0, 0.05) is 16.7 Å². The second kappa shape index (κ2) is 8.67. The van der Waals surface area contributed by atoms with Crippen LogP contribution in [0.5, 0.6) is 11.5 Å². The van der Waals surface area contributed by atoms with Crippen LogP contribution in [0.25, 0.3) is 6.08 Å². The molecule has 2 aromatic rings. The highest BCUT2D eigenvalue weighted by Gasteiger charge is 2.35. The molecule has 0 saturated carbocycles. The summed E-state index contributed by atoms with van der Waals surface area (Å²) in [6.45, 7) is 4.71. The molecule has 0 spiro atoms. The highest BCUT2D eigenvalue weighted by Crippen LogP contribution is 2.35. The van der Waals surface area contributed by atoms with E-state index in [0.717, 1.165) is 9.37 Å². The summed E-state index contributed by atoms with van der Waals surface area (Å²) in [5.74, 6) is 0.728. The zero-order chi connectivity index (χ0) is 20.3. The third-order valence-corrected chi connectivity index (χ3v) is 4.80. The van der Waals surface area contributed by atoms with Gasteiger partial charge < -0.3 is 14.8 Å². The Bertz CT molecular complexity index is 944. The Morgan fingerprint density at radius 3 is 2.36 bits per heavy atom. The van der Waals surface area contributed by atoms with Crippen molar-refractivity contribution < 1.29 is 19.1 Å². The van der Waals surface area contributed by atoms with Crippen molar-refractivity contribution >= 4 is 51.2 Å². The maximum atomic E-state index is 12.8. The van der Waals surface area contributed by atoms with Gasteiger partial charge in [-0.15, -0.1) is 0 Å². The normalized spacial score (nSPS) is 15.1. The average Bonchev–Trinajstić information content (AvgIpc) is 2.93. The third-order valence-electron chi connectivity index (χ3n) is 3.93. The molecule has 3 rings (SSSR count). The predicted octanol–water partition coefficient (Wildman–Crippen LogP) is 5.00. The maximum absolute atomic E-state index is 12.8. The van der Waals surface area contributed by atoms with E-state index < -0.39 is 11.9 Å². The van der Waals surface area contributed by atoms with Gasteiger partial charge in [-0.3, -0.25) is 4.79 Å². The summed E-state index contributed by atoms with van der Waals surface area (Å²) < 4.78 is 12.0. The first-order valence-corrected chi connectivity index (χ1v) is 9.83. The van der Waals surface area contributed by atoms with Gasteiger partial charge in [0.1, 0.15) is 17.2 Å². The number of nitrogens with one attached hydrogen (secondary N) is 1. The molecule has 0 atom stereocenters. The zero-order valence-corrected chi connectivity index (χ0v) is 17.6. The van der Waals surface area contributed by atoms with Gasteiger partial charge in [0.15, 0.2) is 0 Å². The maximum Gasteiger partial charge on any atom is 0.333 e. The van der Waals surface area contributed by atoms with E-state index in [2.05, 4.69) is 21.2 Å². The first-order chi connectivity index (χ1) is 13.4. The largest absolute Gasteiger partial charge is 0.493 e. The number of ether oxygens (including phenoxy) is 2. The van der Waals surface area contributed by atoms with Crippen LogP contribution in [0.2, 0.25) is 5.02 Å². The summed E-state index contributed by atoms with van der Waals surface area (Å²) in [6, 6.07) is 9.48. The molecule has 28 heavy (non-hydrogen) atoms. The zero-order valence-electron chi connectivity index (χ0n) is 15.3. The van der Waals surface area contributed by atoms with Crippen molar-refractivity contribution in [1.82, 2.24) is 5.32 Å². The Balaban J connectivity index is 1.97. The summed E-state index contributed by atoms with van der Waals surface area (Å²) in [5, 5.41) is 3.13. The fourth-order valence-corrected chi connectivity index (χ4v) is 3.33. The minimum atomic E-state index is -0.526. The lowest BCUT2D eigenvalue weighted by Gasteiger charge is -2.13. The van der Waals surface area contributed by atoms with Crippen LogP contribution in [0, 0.1) is 0 Å². The molecule has 0 unspecified atom stereocenters. The van der Waals surface area contributed by atoms with Gasteiger partial charge in [0.2, 0.25) is 0 Å². The van der Waals surface area contributed by atoms with Crippen LogP contribution in [0.4, 0.5) is 10.5 Å². The number of halogens is 2. The third kappa shape index (κ3) is 4.15. The van der Waals surface area contributed by atoms with Crippen LogP contribution in [0.1, 0.15) is 19.4 Å². The van der Waals surface area contributed by atoms with Crippen molar-refractivity contribution in [3.63, 3.8) is 0 Å². The van der Waals surface area contributed by atoms with E-state index >= 15 is 0 Å². The summed E-state index contributed by atoms with van der Waals surface area (Å²) in [4.78, 5) is 26.2. The van der Waals surface area contributed by atoms with E-state index in [0.29, 0.717) is 41.0 Å². The molecule has 0 bridgehead atoms. The highest BCUT2D eigenvalue weighted by atomic mass is 79.9. The Morgan fingerprint density at radius 1 is 1.07 bits per heavy atom. The molecule has 1 aliphatic heterocycles. The first-order valence-electron chi connectivity index (χ1n) is 8.66. The van der Waals surface area contributed by atoms with Crippen LogP contribution in [-0.2, 0) is 4.79 Å². The molecule has 1 N–H and O–H groups in total. The molecular weight excluding hydrogens is 448 g/mol. The number of hydrogen-bond donors (Lipinski definition) is 1. The molecule has 3 amide bonds. The molecule has 6 nitrogen and oxygen atoms in total. The fraction of sp³-hybridized carbons (Fsp3) is 0.200. The van der Waals surface area contributed by atoms with Gasteiger partial charge >= 0.3 is 6.03 Å². The van der Waals surface area contributed by atoms with Crippen molar-refractivity contribution in [3.05, 3.63) is 57.2 Å². The summed E-state index contributed by atoms with van der Waals surface area (Å²) in [5.41, 5.74) is 1.23. The number of amides is 3. The van der Waals surface area contributed by atoms with Crippen LogP contribution in [0.3, 0.4) is 0 Å². The molecule has 0 aliphatic carbocycles. The number of hydrogen-bond acceptors (Lipinski definition) is 4. The Hall–Kier alpha value is -2.51. The van der Waals surface area contributed by atoms with Crippen molar-refractivity contribution in [1.29, 1.82) is 0 Å². The Kier molecular flexibility index (Phi) is 6.26. The van der Waals surface area contributed by atoms with Crippen LogP contribution in [0.15, 0.2) is 46.6 Å². The lowest BCUT2D eigenvalue weighted by atomic mass is 10.1. The Morgan fingerprint density at radius 2 is 1.71 bits per heavy atom. The van der Waals surface area contributed by atoms with Crippen LogP contribution < -0.4 is 19.7 Å². The lowest BCUT2D eigenvalue weighted by molar-refractivity contribution is -0.113. The molecule has 8 heteroatoms. The van der Waals surface area contributed by atoms with E-state index in [1.807, 2.05) is 13.8 Å². The monoisotopic (exact) mass is 464 g/mol. The van der Waals surface area contributed by atoms with E-state index in [1.165, 1.54) is 0 Å². The molecule has 1 heterocycles. The number of anilines is 1. The van der Waals surface area contributed by atoms with Crippen molar-refractivity contribution in [2.45, 2.75) is 13.8 Å². The van der Waals surface area contributed by atoms with Gasteiger partial charge in [0.05, 0.1) is 23.4 Å². The fourth-order valence-electron chi connectivity index (χ4n) is 2.72. The minimum absolute atomic E-state index is 0.150. The van der Waals surface area contributed by atoms with Gasteiger partial charge in [0.25, 0.3) is 5.91 Å². The smallest absolute Gasteiger partial charge is 0.333 e. The van der Waals surface area contributed by atoms with E-state index in [-0.39, 0.29) is 5.70 Å². The number of rotatable bonds is 6. The molecule has 2 aromatic carbocycles. The highest BCUT2D eigenvalue weighted by molar-refractivity contribution is 9.10. The summed E-state index contributed by atoms with van der Waals surface area (Å²) in [7, 11) is 0. The van der Waals surface area contributed by atoms with Crippen molar-refractivity contribution in [2.24, 2.45) is 0 Å². The topological polar surface area (TPSA) is 67.9 Å². The van der Waals surface area contributed by atoms with E-state index in [9.17, 15) is 9.59 Å². The predicted molar refractivity (Wildman–Crippen MR) is 112 cm³/mol. The number of carbonyl (C=O) groups is 2. The average molecular weight is 466 g/mol. The van der Waals surface area contributed by atoms with Crippen molar-refractivity contribution in [2.75, 3.05) is 18.1 Å². The van der Waals surface area contributed by atoms with Gasteiger partial charge in [-0.25, -0.2) is 9.69 Å². The molecule has 1 fully saturated rings. The number of carbonyl (C=O) groups excluding carboxylic acids is 2. The van der Waals surface area contributed by atoms with Gasteiger partial charge in [-0.2, -0.15) is 0 Å². The molecule has 0 aromatic heterocycles. The van der Waals surface area contributed by atoms with Crippen LogP contribution >= 0.6 is 27.5 Å². The second-order valence-electron chi connectivity index (χ2n) is 5.79. The summed E-state index contributed by atoms with van der Waals surface area (Å²) >= 11 is 9.34. The number of benzene rings is 2. The molecule has 1 aliphatic rings. The minimum Gasteiger partial charge on any atom is -0.493 e.